The Morgan fingerprint density at radius 3 is 2.29 bits per heavy atom. The van der Waals surface area contributed by atoms with Gasteiger partial charge in [0, 0.05) is 5.56 Å². The first-order chi connectivity index (χ1) is 7.77. The van der Waals surface area contributed by atoms with E-state index in [1.165, 1.54) is 0 Å². The molecule has 5 N–H and O–H groups in total. The minimum absolute atomic E-state index is 0.0195. The van der Waals surface area contributed by atoms with Crippen molar-refractivity contribution in [3.63, 3.8) is 0 Å². The van der Waals surface area contributed by atoms with Gasteiger partial charge in [0.2, 0.25) is 0 Å². The van der Waals surface area contributed by atoms with Gasteiger partial charge in [0.25, 0.3) is 0 Å². The lowest BCUT2D eigenvalue weighted by molar-refractivity contribution is -0.139. The Morgan fingerprint density at radius 2 is 1.82 bits per heavy atom. The molecule has 1 rings (SSSR count). The van der Waals surface area contributed by atoms with Crippen molar-refractivity contribution in [2.45, 2.75) is 18.7 Å². The molecule has 4 nitrogen and oxygen atoms in total. The van der Waals surface area contributed by atoms with Gasteiger partial charge in [-0.15, -0.1) is 0 Å². The van der Waals surface area contributed by atoms with Crippen molar-refractivity contribution >= 4 is 0 Å². The number of hydrogen-bond donors (Lipinski definition) is 4. The summed E-state index contributed by atoms with van der Waals surface area (Å²) in [7, 11) is 0. The summed E-state index contributed by atoms with van der Waals surface area (Å²) in [6.45, 7) is 0.0393. The quantitative estimate of drug-likeness (QED) is 0.613. The predicted molar refractivity (Wildman–Crippen MR) is 53.4 cm³/mol. The third kappa shape index (κ3) is 3.01. The number of phenols is 2. The highest BCUT2D eigenvalue weighted by Crippen LogP contribution is 2.42. The van der Waals surface area contributed by atoms with Gasteiger partial charge >= 0.3 is 6.18 Å². The maximum Gasteiger partial charge on any atom is 0.420 e. The Labute approximate surface area is 95.1 Å². The summed E-state index contributed by atoms with van der Waals surface area (Å²) in [6.07, 6.45) is -6.18. The van der Waals surface area contributed by atoms with Crippen LogP contribution < -0.4 is 5.73 Å². The van der Waals surface area contributed by atoms with Crippen LogP contribution in [0.3, 0.4) is 0 Å². The monoisotopic (exact) mass is 251 g/mol. The number of nitrogens with two attached hydrogens (primary N) is 1. The molecule has 0 saturated heterocycles. The lowest BCUT2D eigenvalue weighted by Gasteiger charge is -2.16. The van der Waals surface area contributed by atoms with Crippen molar-refractivity contribution in [2.75, 3.05) is 6.54 Å². The van der Waals surface area contributed by atoms with E-state index in [4.69, 9.17) is 10.8 Å². The number of alkyl halides is 3. The van der Waals surface area contributed by atoms with Crippen LogP contribution >= 0.6 is 0 Å². The van der Waals surface area contributed by atoms with E-state index in [9.17, 15) is 23.4 Å². The van der Waals surface area contributed by atoms with Crippen molar-refractivity contribution in [3.8, 4) is 11.5 Å². The fraction of sp³-hybridized carbons (Fsp3) is 0.400. The van der Waals surface area contributed by atoms with Gasteiger partial charge in [-0.3, -0.25) is 0 Å². The average molecular weight is 251 g/mol. The number of benzene rings is 1. The number of halogens is 3. The molecular formula is C10H12F3NO3. The smallest absolute Gasteiger partial charge is 0.420 e. The molecule has 1 unspecified atom stereocenters. The van der Waals surface area contributed by atoms with E-state index in [0.29, 0.717) is 6.07 Å². The number of aromatic hydroxyl groups is 2. The van der Waals surface area contributed by atoms with Crippen LogP contribution in [0.5, 0.6) is 11.5 Å². The van der Waals surface area contributed by atoms with Crippen LogP contribution in [-0.2, 0) is 6.18 Å². The van der Waals surface area contributed by atoms with E-state index >= 15 is 0 Å². The molecule has 1 aromatic rings. The molecule has 0 aliphatic carbocycles. The highest BCUT2D eigenvalue weighted by molar-refractivity contribution is 5.48. The summed E-state index contributed by atoms with van der Waals surface area (Å²) in [6, 6.07) is 1.28. The van der Waals surface area contributed by atoms with Gasteiger partial charge in [0.1, 0.15) is 17.1 Å². The molecule has 1 aromatic carbocycles. The van der Waals surface area contributed by atoms with Crippen molar-refractivity contribution < 1.29 is 28.5 Å². The molecule has 0 aromatic heterocycles. The van der Waals surface area contributed by atoms with Gasteiger partial charge in [-0.2, -0.15) is 13.2 Å². The molecule has 0 aliphatic heterocycles. The van der Waals surface area contributed by atoms with E-state index in [2.05, 4.69) is 0 Å². The van der Waals surface area contributed by atoms with Crippen LogP contribution in [0.1, 0.15) is 23.7 Å². The minimum atomic E-state index is -4.81. The molecule has 0 heterocycles. The third-order valence-corrected chi connectivity index (χ3v) is 2.23. The first-order valence-electron chi connectivity index (χ1n) is 4.78. The molecular weight excluding hydrogens is 239 g/mol. The molecule has 0 spiro atoms. The average Bonchev–Trinajstić information content (AvgIpc) is 2.19. The van der Waals surface area contributed by atoms with Crippen molar-refractivity contribution in [1.82, 2.24) is 0 Å². The second kappa shape index (κ2) is 4.80. The fourth-order valence-electron chi connectivity index (χ4n) is 1.42. The van der Waals surface area contributed by atoms with E-state index in [0.717, 1.165) is 6.07 Å². The molecule has 0 fully saturated rings. The normalized spacial score (nSPS) is 13.7. The molecule has 0 saturated carbocycles. The van der Waals surface area contributed by atoms with Crippen LogP contribution in [0.2, 0.25) is 0 Å². The van der Waals surface area contributed by atoms with Crippen LogP contribution in [0.25, 0.3) is 0 Å². The minimum Gasteiger partial charge on any atom is -0.508 e. The third-order valence-electron chi connectivity index (χ3n) is 2.23. The molecule has 96 valence electrons. The largest absolute Gasteiger partial charge is 0.508 e. The van der Waals surface area contributed by atoms with Crippen molar-refractivity contribution in [2.24, 2.45) is 5.73 Å². The van der Waals surface area contributed by atoms with Gasteiger partial charge in [0.05, 0.1) is 6.10 Å². The Hall–Kier alpha value is -1.47. The lowest BCUT2D eigenvalue weighted by atomic mass is 10.0. The van der Waals surface area contributed by atoms with Crippen molar-refractivity contribution in [3.05, 3.63) is 23.3 Å². The number of rotatable bonds is 3. The fourth-order valence-corrected chi connectivity index (χ4v) is 1.42. The van der Waals surface area contributed by atoms with Crippen LogP contribution in [0.4, 0.5) is 13.2 Å². The summed E-state index contributed by atoms with van der Waals surface area (Å²) < 4.78 is 37.4. The molecule has 0 aliphatic rings. The summed E-state index contributed by atoms with van der Waals surface area (Å²) in [5.74, 6) is -1.77. The Balaban J connectivity index is 3.28. The highest BCUT2D eigenvalue weighted by Gasteiger charge is 2.36. The van der Waals surface area contributed by atoms with Crippen LogP contribution in [0, 0.1) is 0 Å². The van der Waals surface area contributed by atoms with Gasteiger partial charge in [-0.1, -0.05) is 0 Å². The van der Waals surface area contributed by atoms with E-state index in [1.807, 2.05) is 0 Å². The lowest BCUT2D eigenvalue weighted by Crippen LogP contribution is -2.10. The Bertz CT molecular complexity index is 407. The molecule has 17 heavy (non-hydrogen) atoms. The van der Waals surface area contributed by atoms with E-state index in [-0.39, 0.29) is 18.5 Å². The molecule has 0 bridgehead atoms. The zero-order valence-electron chi connectivity index (χ0n) is 8.70. The Morgan fingerprint density at radius 1 is 1.24 bits per heavy atom. The zero-order valence-corrected chi connectivity index (χ0v) is 8.70. The second-order valence-electron chi connectivity index (χ2n) is 3.52. The molecule has 7 heteroatoms. The molecule has 1 atom stereocenters. The van der Waals surface area contributed by atoms with Crippen LogP contribution in [-0.4, -0.2) is 21.9 Å². The number of hydrogen-bond acceptors (Lipinski definition) is 4. The summed E-state index contributed by atoms with van der Waals surface area (Å²) >= 11 is 0. The molecule has 0 radical (unpaired) electrons. The maximum atomic E-state index is 12.5. The van der Waals surface area contributed by atoms with Gasteiger partial charge in [-0.25, -0.2) is 0 Å². The second-order valence-corrected chi connectivity index (χ2v) is 3.52. The number of aliphatic hydroxyl groups is 1. The zero-order chi connectivity index (χ0) is 13.2. The highest BCUT2D eigenvalue weighted by atomic mass is 19.4. The van der Waals surface area contributed by atoms with Crippen molar-refractivity contribution in [1.29, 1.82) is 0 Å². The summed E-state index contributed by atoms with van der Waals surface area (Å²) in [5.41, 5.74) is 3.38. The predicted octanol–water partition coefficient (Wildman–Crippen LogP) is 1.50. The van der Waals surface area contributed by atoms with E-state index in [1.54, 1.807) is 0 Å². The van der Waals surface area contributed by atoms with Gasteiger partial charge in [-0.05, 0) is 25.1 Å². The Kier molecular flexibility index (Phi) is 3.84. The topological polar surface area (TPSA) is 86.7 Å². The summed E-state index contributed by atoms with van der Waals surface area (Å²) in [5, 5.41) is 28.1. The first-order valence-corrected chi connectivity index (χ1v) is 4.78. The van der Waals surface area contributed by atoms with E-state index < -0.39 is 29.3 Å². The van der Waals surface area contributed by atoms with Crippen LogP contribution in [0.15, 0.2) is 12.1 Å². The van der Waals surface area contributed by atoms with Gasteiger partial charge in [0.15, 0.2) is 0 Å². The molecule has 0 amide bonds. The number of phenolic OH excluding ortho intramolecular Hbond substituents is 2. The summed E-state index contributed by atoms with van der Waals surface area (Å²) in [4.78, 5) is 0. The maximum absolute atomic E-state index is 12.5. The SMILES string of the molecule is NCCC(O)c1cc(O)cc(C(F)(F)F)c1O. The van der Waals surface area contributed by atoms with Gasteiger partial charge < -0.3 is 21.1 Å². The standard InChI is InChI=1S/C10H12F3NO3/c11-10(12,13)7-4-5(15)3-6(9(7)17)8(16)1-2-14/h3-4,8,15-17H,1-2,14H2. The first kappa shape index (κ1) is 13.6. The number of aliphatic hydroxyl groups excluding tert-OH is 1.